The van der Waals surface area contributed by atoms with Gasteiger partial charge in [-0.25, -0.2) is 19.3 Å². The summed E-state index contributed by atoms with van der Waals surface area (Å²) < 4.78 is 16.5. The predicted octanol–water partition coefficient (Wildman–Crippen LogP) is 7.28. The highest BCUT2D eigenvalue weighted by atomic mass is 19.1. The standard InChI is InChI=1S/C34H43N7O2.C22H29FN4O3/c1-22(2)40-20-35-29-19-28(37-32(31(29)40)36-24-7-8-24)23-6-9-27-30(16-23)41(26-17-25(18-26)39-12-4-3-5-13-39)33(43)34(27)10-14-38(21-42)15-11-34;1-22(23)9-2-10-27(14-22)21(30)15-7-11-26(12-8-15)18-5-3-16(13-24-18)17-4-6-19(28)25-20(17)29/h6,9,16,19-22,24-26H,3-5,7-8,10-15,17-18H2,1-2H3,(H,36,37);3,5,13,15,17H,2,4,6-12,14H2,1H3,(H,25,28,29). The number of fused-ring (bicyclic) bond motifs is 3. The first-order chi connectivity index (χ1) is 35.3. The molecule has 3 aromatic heterocycles. The second-order valence-electron chi connectivity index (χ2n) is 22.9. The number of hydrogen-bond acceptors (Lipinski definition) is 11. The quantitative estimate of drug-likeness (QED) is 0.121. The third kappa shape index (κ3) is 9.82. The Morgan fingerprint density at radius 3 is 2.30 bits per heavy atom. The van der Waals surface area contributed by atoms with Crippen molar-refractivity contribution in [3.05, 3.63) is 60.0 Å². The van der Waals surface area contributed by atoms with Crippen molar-refractivity contribution in [1.82, 2.24) is 39.5 Å². The number of benzene rings is 1. The smallest absolute Gasteiger partial charge is 0.238 e. The molecule has 5 amide bonds. The minimum atomic E-state index is -1.27. The Kier molecular flexibility index (Phi) is 13.5. The van der Waals surface area contributed by atoms with E-state index in [9.17, 15) is 28.4 Å². The van der Waals surface area contributed by atoms with E-state index < -0.39 is 11.1 Å². The molecule has 8 aliphatic rings. The lowest BCUT2D eigenvalue weighted by atomic mass is 9.73. The summed E-state index contributed by atoms with van der Waals surface area (Å²) in [7, 11) is 0. The van der Waals surface area contributed by atoms with Crippen LogP contribution in [0.4, 0.5) is 21.7 Å². The minimum absolute atomic E-state index is 0.0575. The van der Waals surface area contributed by atoms with E-state index >= 15 is 0 Å². The van der Waals surface area contributed by atoms with Crippen LogP contribution >= 0.6 is 0 Å². The van der Waals surface area contributed by atoms with Gasteiger partial charge >= 0.3 is 0 Å². The number of imide groups is 1. The molecule has 16 nitrogen and oxygen atoms in total. The molecule has 6 aliphatic heterocycles. The summed E-state index contributed by atoms with van der Waals surface area (Å²) in [6, 6.07) is 14.0. The molecule has 73 heavy (non-hydrogen) atoms. The van der Waals surface area contributed by atoms with E-state index in [1.54, 1.807) is 18.0 Å². The van der Waals surface area contributed by atoms with Crippen LogP contribution in [0.25, 0.3) is 22.3 Å². The number of alkyl halides is 1. The van der Waals surface area contributed by atoms with Gasteiger partial charge in [0, 0.05) is 86.7 Å². The average Bonchev–Trinajstić information content (AvgIpc) is 4.05. The number of anilines is 3. The fourth-order valence-electron chi connectivity index (χ4n) is 12.9. The lowest BCUT2D eigenvalue weighted by molar-refractivity contribution is -0.140. The Morgan fingerprint density at radius 2 is 1.63 bits per heavy atom. The summed E-state index contributed by atoms with van der Waals surface area (Å²) in [5.74, 6) is 1.17. The first kappa shape index (κ1) is 49.3. The van der Waals surface area contributed by atoms with Crippen molar-refractivity contribution < 1.29 is 28.4 Å². The molecule has 17 heteroatoms. The Bertz CT molecular complexity index is 2730. The molecule has 388 valence electrons. The average molecular weight is 998 g/mol. The number of hydrogen-bond donors (Lipinski definition) is 2. The van der Waals surface area contributed by atoms with Gasteiger partial charge in [0.2, 0.25) is 30.0 Å². The molecule has 0 bridgehead atoms. The number of piperidine rings is 5. The number of likely N-dealkylation sites (tertiary alicyclic amines) is 3. The van der Waals surface area contributed by atoms with Crippen molar-refractivity contribution in [3.63, 3.8) is 0 Å². The minimum Gasteiger partial charge on any atom is -0.366 e. The number of carbonyl (C=O) groups is 5. The first-order valence-electron chi connectivity index (χ1n) is 27.4. The van der Waals surface area contributed by atoms with Crippen LogP contribution in [0.15, 0.2) is 48.9 Å². The maximum absolute atomic E-state index is 14.5. The zero-order valence-corrected chi connectivity index (χ0v) is 42.9. The van der Waals surface area contributed by atoms with E-state index in [-0.39, 0.29) is 54.1 Å². The number of aromatic nitrogens is 4. The number of carbonyl (C=O) groups excluding carboxylic acids is 5. The van der Waals surface area contributed by atoms with Crippen molar-refractivity contribution in [2.75, 3.05) is 67.5 Å². The molecule has 2 atom stereocenters. The highest BCUT2D eigenvalue weighted by Gasteiger charge is 2.55. The van der Waals surface area contributed by atoms with Crippen molar-refractivity contribution in [2.45, 2.75) is 158 Å². The molecule has 2 N–H and O–H groups in total. The Hall–Kier alpha value is -5.97. The summed E-state index contributed by atoms with van der Waals surface area (Å²) in [6.07, 6.45) is 17.8. The highest BCUT2D eigenvalue weighted by molar-refractivity contribution is 6.09. The summed E-state index contributed by atoms with van der Waals surface area (Å²) in [5.41, 5.74) is 5.08. The van der Waals surface area contributed by atoms with E-state index in [0.717, 1.165) is 102 Å². The van der Waals surface area contributed by atoms with Crippen molar-refractivity contribution in [2.24, 2.45) is 5.92 Å². The molecule has 7 fully saturated rings. The topological polar surface area (TPSA) is 169 Å². The molecular weight excluding hydrogens is 926 g/mol. The first-order valence-corrected chi connectivity index (χ1v) is 27.4. The van der Waals surface area contributed by atoms with Crippen molar-refractivity contribution in [3.8, 4) is 11.3 Å². The predicted molar refractivity (Wildman–Crippen MR) is 278 cm³/mol. The summed E-state index contributed by atoms with van der Waals surface area (Å²) >= 11 is 0. The number of pyridine rings is 2. The number of rotatable bonds is 10. The lowest BCUT2D eigenvalue weighted by Gasteiger charge is -2.48. The number of halogens is 1. The van der Waals surface area contributed by atoms with E-state index in [1.165, 1.54) is 45.2 Å². The molecule has 1 spiro atoms. The molecule has 2 saturated carbocycles. The number of imidazole rings is 1. The molecule has 1 aromatic carbocycles. The number of nitrogens with one attached hydrogen (secondary N) is 2. The van der Waals surface area contributed by atoms with Gasteiger partial charge in [0.25, 0.3) is 0 Å². The van der Waals surface area contributed by atoms with E-state index in [2.05, 4.69) is 73.0 Å². The summed E-state index contributed by atoms with van der Waals surface area (Å²) in [5, 5.41) is 6.05. The van der Waals surface area contributed by atoms with Crippen LogP contribution in [0.3, 0.4) is 0 Å². The van der Waals surface area contributed by atoms with Gasteiger partial charge < -0.3 is 34.4 Å². The van der Waals surface area contributed by atoms with Crippen LogP contribution in [0.5, 0.6) is 0 Å². The van der Waals surface area contributed by atoms with E-state index in [1.807, 2.05) is 23.4 Å². The van der Waals surface area contributed by atoms with Crippen LogP contribution < -0.4 is 20.4 Å². The van der Waals surface area contributed by atoms with Gasteiger partial charge in [0.1, 0.15) is 17.0 Å². The third-order valence-corrected chi connectivity index (χ3v) is 17.4. The Morgan fingerprint density at radius 1 is 0.863 bits per heavy atom. The van der Waals surface area contributed by atoms with E-state index in [0.29, 0.717) is 63.8 Å². The zero-order chi connectivity index (χ0) is 50.6. The largest absolute Gasteiger partial charge is 0.366 e. The number of nitrogens with zero attached hydrogens (tertiary/aromatic N) is 9. The fraction of sp³-hybridized carbons (Fsp3) is 0.607. The van der Waals surface area contributed by atoms with Crippen molar-refractivity contribution >= 4 is 58.4 Å². The maximum atomic E-state index is 14.5. The van der Waals surface area contributed by atoms with Gasteiger partial charge in [-0.1, -0.05) is 24.6 Å². The molecule has 4 aromatic rings. The van der Waals surface area contributed by atoms with Gasteiger partial charge in [-0.15, -0.1) is 0 Å². The van der Waals surface area contributed by atoms with Gasteiger partial charge in [0.05, 0.1) is 35.4 Å². The molecule has 2 aliphatic carbocycles. The number of amides is 5. The van der Waals surface area contributed by atoms with Crippen LogP contribution in [0, 0.1) is 5.92 Å². The normalized spacial score (nSPS) is 26.6. The lowest BCUT2D eigenvalue weighted by Crippen LogP contribution is -2.58. The van der Waals surface area contributed by atoms with Crippen LogP contribution in [0.1, 0.15) is 140 Å². The molecule has 9 heterocycles. The molecule has 2 unspecified atom stereocenters. The van der Waals surface area contributed by atoms with Gasteiger partial charge in [-0.2, -0.15) is 0 Å². The van der Waals surface area contributed by atoms with Gasteiger partial charge in [-0.05, 0) is 147 Å². The monoisotopic (exact) mass is 998 g/mol. The van der Waals surface area contributed by atoms with Crippen molar-refractivity contribution in [1.29, 1.82) is 0 Å². The molecular formula is C56H72FN11O5. The SMILES string of the molecule is CC(C)n1cnc2cc(-c3ccc4c(c3)N(C3CC(N5CCCCC5)C3)C(=O)C43CCN(C=O)CC3)nc(NC3CC3)c21.CC1(F)CCCN(C(=O)C2CCN(c3ccc(C4CCC(=O)NC4=O)cn3)CC2)C1. The van der Waals surface area contributed by atoms with Crippen LogP contribution in [-0.4, -0.2) is 140 Å². The zero-order valence-electron chi connectivity index (χ0n) is 42.9. The second kappa shape index (κ2) is 20.0. The van der Waals surface area contributed by atoms with Crippen LogP contribution in [-0.2, 0) is 29.4 Å². The van der Waals surface area contributed by atoms with E-state index in [4.69, 9.17) is 9.97 Å². The maximum Gasteiger partial charge on any atom is 0.238 e. The highest BCUT2D eigenvalue weighted by Crippen LogP contribution is 2.52. The molecule has 5 saturated heterocycles. The third-order valence-electron chi connectivity index (χ3n) is 17.4. The summed E-state index contributed by atoms with van der Waals surface area (Å²) in [6.45, 7) is 11.9. The Labute approximate surface area is 427 Å². The molecule has 0 radical (unpaired) electrons. The fourth-order valence-corrected chi connectivity index (χ4v) is 12.9. The van der Waals surface area contributed by atoms with Crippen LogP contribution in [0.2, 0.25) is 0 Å². The van der Waals surface area contributed by atoms with Gasteiger partial charge in [-0.3, -0.25) is 29.3 Å². The summed E-state index contributed by atoms with van der Waals surface area (Å²) in [4.78, 5) is 87.2. The second-order valence-corrected chi connectivity index (χ2v) is 22.9. The Balaban J connectivity index is 0.000000168. The van der Waals surface area contributed by atoms with Gasteiger partial charge in [0.15, 0.2) is 5.82 Å². The molecule has 12 rings (SSSR count).